The Balaban J connectivity index is 1.44. The highest BCUT2D eigenvalue weighted by atomic mass is 79.9. The smallest absolute Gasteiger partial charge is 0.343 e. The number of methoxy groups -OCH3 is 1. The highest BCUT2D eigenvalue weighted by Gasteiger charge is 2.17. The van der Waals surface area contributed by atoms with E-state index in [1.54, 1.807) is 92.0 Å². The summed E-state index contributed by atoms with van der Waals surface area (Å²) in [5.41, 5.74) is 3.49. The Morgan fingerprint density at radius 2 is 1.38 bits per heavy atom. The Morgan fingerprint density at radius 3 is 1.98 bits per heavy atom. The molecule has 0 saturated heterocycles. The Morgan fingerprint density at radius 1 is 0.775 bits per heavy atom. The molecule has 0 unspecified atom stereocenters. The van der Waals surface area contributed by atoms with Crippen molar-refractivity contribution in [1.29, 1.82) is 0 Å². The second-order valence-corrected chi connectivity index (χ2v) is 8.95. The van der Waals surface area contributed by atoms with Crippen LogP contribution in [0.3, 0.4) is 0 Å². The van der Waals surface area contributed by atoms with Crippen LogP contribution in [0.25, 0.3) is 0 Å². The molecule has 0 bridgehead atoms. The standard InChI is InChI=1S/C30H23BrN2O7/c1-37-23-13-15-25(24(31)17-23)38-19-28(34)33-32-18-20-12-14-26(39-29(35)21-8-4-2-5-9-21)27(16-20)40-30(36)22-10-6-3-7-11-22/h2-18H,19H2,1H3,(H,33,34)/b32-18-. The maximum atomic E-state index is 12.7. The number of carbonyl (C=O) groups is 3. The number of nitrogens with zero attached hydrogens (tertiary/aromatic N) is 1. The van der Waals surface area contributed by atoms with Gasteiger partial charge in [0.25, 0.3) is 5.91 Å². The topological polar surface area (TPSA) is 113 Å². The van der Waals surface area contributed by atoms with Gasteiger partial charge in [-0.1, -0.05) is 36.4 Å². The number of ether oxygens (including phenoxy) is 4. The molecule has 4 aromatic carbocycles. The van der Waals surface area contributed by atoms with E-state index in [4.69, 9.17) is 18.9 Å². The molecular formula is C30H23BrN2O7. The lowest BCUT2D eigenvalue weighted by molar-refractivity contribution is -0.123. The third-order valence-corrected chi connectivity index (χ3v) is 5.91. The highest BCUT2D eigenvalue weighted by Crippen LogP contribution is 2.30. The van der Waals surface area contributed by atoms with Gasteiger partial charge in [0.15, 0.2) is 18.1 Å². The summed E-state index contributed by atoms with van der Waals surface area (Å²) >= 11 is 3.36. The van der Waals surface area contributed by atoms with Gasteiger partial charge >= 0.3 is 11.9 Å². The van der Waals surface area contributed by atoms with Crippen LogP contribution >= 0.6 is 15.9 Å². The van der Waals surface area contributed by atoms with E-state index in [0.717, 1.165) is 0 Å². The minimum Gasteiger partial charge on any atom is -0.497 e. The zero-order valence-corrected chi connectivity index (χ0v) is 22.8. The van der Waals surface area contributed by atoms with Gasteiger partial charge in [-0.05, 0) is 82.2 Å². The number of amides is 1. The van der Waals surface area contributed by atoms with Gasteiger partial charge in [-0.15, -0.1) is 0 Å². The Bertz CT molecular complexity index is 1530. The van der Waals surface area contributed by atoms with Crippen LogP contribution in [0, 0.1) is 0 Å². The number of benzene rings is 4. The lowest BCUT2D eigenvalue weighted by Gasteiger charge is -2.11. The first-order valence-electron chi connectivity index (χ1n) is 11.9. The molecule has 0 fully saturated rings. The zero-order chi connectivity index (χ0) is 28.3. The molecule has 0 heterocycles. The number of nitrogens with one attached hydrogen (secondary N) is 1. The predicted octanol–water partition coefficient (Wildman–Crippen LogP) is 5.43. The molecule has 0 aliphatic rings. The molecular weight excluding hydrogens is 580 g/mol. The molecule has 4 aromatic rings. The van der Waals surface area contributed by atoms with Crippen LogP contribution in [0.2, 0.25) is 0 Å². The molecule has 0 aliphatic carbocycles. The van der Waals surface area contributed by atoms with Gasteiger partial charge in [-0.3, -0.25) is 4.79 Å². The first kappa shape index (κ1) is 28.1. The summed E-state index contributed by atoms with van der Waals surface area (Å²) in [5.74, 6) is -0.605. The maximum Gasteiger partial charge on any atom is 0.343 e. The van der Waals surface area contributed by atoms with Crippen molar-refractivity contribution in [3.63, 3.8) is 0 Å². The van der Waals surface area contributed by atoms with Crippen molar-refractivity contribution in [3.05, 3.63) is 118 Å². The van der Waals surface area contributed by atoms with E-state index in [2.05, 4.69) is 26.5 Å². The monoisotopic (exact) mass is 602 g/mol. The summed E-state index contributed by atoms with van der Waals surface area (Å²) in [5, 5.41) is 3.94. The van der Waals surface area contributed by atoms with E-state index in [-0.39, 0.29) is 18.1 Å². The lowest BCUT2D eigenvalue weighted by atomic mass is 10.2. The average Bonchev–Trinajstić information content (AvgIpc) is 2.98. The largest absolute Gasteiger partial charge is 0.497 e. The zero-order valence-electron chi connectivity index (χ0n) is 21.2. The molecule has 202 valence electrons. The molecule has 1 N–H and O–H groups in total. The minimum atomic E-state index is -0.637. The predicted molar refractivity (Wildman–Crippen MR) is 151 cm³/mol. The van der Waals surface area contributed by atoms with E-state index in [1.165, 1.54) is 18.3 Å². The highest BCUT2D eigenvalue weighted by molar-refractivity contribution is 9.10. The van der Waals surface area contributed by atoms with Crippen LogP contribution in [0.4, 0.5) is 0 Å². The van der Waals surface area contributed by atoms with E-state index in [9.17, 15) is 14.4 Å². The molecule has 0 radical (unpaired) electrons. The molecule has 9 nitrogen and oxygen atoms in total. The van der Waals surface area contributed by atoms with Crippen LogP contribution in [0.1, 0.15) is 26.3 Å². The second-order valence-electron chi connectivity index (χ2n) is 8.10. The Hall–Kier alpha value is -4.96. The molecule has 0 spiro atoms. The van der Waals surface area contributed by atoms with Crippen LogP contribution < -0.4 is 24.4 Å². The number of hydrazone groups is 1. The van der Waals surface area contributed by atoms with E-state index in [0.29, 0.717) is 32.7 Å². The third kappa shape index (κ3) is 7.78. The Kier molecular flexibility index (Phi) is 9.62. The molecule has 0 saturated carbocycles. The van der Waals surface area contributed by atoms with Crippen molar-refractivity contribution in [1.82, 2.24) is 5.43 Å². The van der Waals surface area contributed by atoms with Crippen LogP contribution in [-0.4, -0.2) is 37.8 Å². The summed E-state index contributed by atoms with van der Waals surface area (Å²) in [6, 6.07) is 26.4. The number of carbonyl (C=O) groups excluding carboxylic acids is 3. The fraction of sp³-hybridized carbons (Fsp3) is 0.0667. The first-order valence-corrected chi connectivity index (χ1v) is 12.7. The average molecular weight is 603 g/mol. The minimum absolute atomic E-state index is 0.00102. The summed E-state index contributed by atoms with van der Waals surface area (Å²) in [7, 11) is 1.55. The van der Waals surface area contributed by atoms with Crippen molar-refractivity contribution < 1.29 is 33.3 Å². The number of hydrogen-bond acceptors (Lipinski definition) is 8. The molecule has 0 aliphatic heterocycles. The van der Waals surface area contributed by atoms with Gasteiger partial charge in [0.2, 0.25) is 0 Å². The van der Waals surface area contributed by atoms with Crippen molar-refractivity contribution in [2.24, 2.45) is 5.10 Å². The first-order chi connectivity index (χ1) is 19.4. The van der Waals surface area contributed by atoms with Gasteiger partial charge < -0.3 is 18.9 Å². The van der Waals surface area contributed by atoms with Crippen LogP contribution in [0.5, 0.6) is 23.0 Å². The van der Waals surface area contributed by atoms with Crippen LogP contribution in [-0.2, 0) is 4.79 Å². The fourth-order valence-corrected chi connectivity index (χ4v) is 3.79. The van der Waals surface area contributed by atoms with Crippen molar-refractivity contribution >= 4 is 40.0 Å². The van der Waals surface area contributed by atoms with Crippen molar-refractivity contribution in [2.75, 3.05) is 13.7 Å². The number of halogens is 1. The Labute approximate surface area is 238 Å². The van der Waals surface area contributed by atoms with Gasteiger partial charge in [0.1, 0.15) is 11.5 Å². The molecule has 10 heteroatoms. The normalized spacial score (nSPS) is 10.6. The molecule has 1 amide bonds. The summed E-state index contributed by atoms with van der Waals surface area (Å²) in [6.07, 6.45) is 1.35. The van der Waals surface area contributed by atoms with E-state index < -0.39 is 17.8 Å². The maximum absolute atomic E-state index is 12.7. The van der Waals surface area contributed by atoms with E-state index >= 15 is 0 Å². The van der Waals surface area contributed by atoms with Gasteiger partial charge in [-0.25, -0.2) is 15.0 Å². The van der Waals surface area contributed by atoms with Crippen LogP contribution in [0.15, 0.2) is 107 Å². The number of rotatable bonds is 10. The number of hydrogen-bond donors (Lipinski definition) is 1. The summed E-state index contributed by atoms with van der Waals surface area (Å²) < 4.78 is 22.3. The number of esters is 2. The lowest BCUT2D eigenvalue weighted by Crippen LogP contribution is -2.24. The summed E-state index contributed by atoms with van der Waals surface area (Å²) in [4.78, 5) is 37.5. The SMILES string of the molecule is COc1ccc(OCC(=O)N/N=C\c2ccc(OC(=O)c3ccccc3)c(OC(=O)c3ccccc3)c2)c(Br)c1. The summed E-state index contributed by atoms with van der Waals surface area (Å²) in [6.45, 7) is -0.281. The van der Waals surface area contributed by atoms with Crippen molar-refractivity contribution in [3.8, 4) is 23.0 Å². The molecule has 40 heavy (non-hydrogen) atoms. The molecule has 0 aromatic heterocycles. The second kappa shape index (κ2) is 13.7. The fourth-order valence-electron chi connectivity index (χ4n) is 3.32. The third-order valence-electron chi connectivity index (χ3n) is 5.29. The van der Waals surface area contributed by atoms with Gasteiger partial charge in [0.05, 0.1) is 28.9 Å². The molecule has 0 atom stereocenters. The van der Waals surface area contributed by atoms with E-state index in [1.807, 2.05) is 0 Å². The molecule has 4 rings (SSSR count). The quantitative estimate of drug-likeness (QED) is 0.111. The van der Waals surface area contributed by atoms with Gasteiger partial charge in [0, 0.05) is 0 Å². The van der Waals surface area contributed by atoms with Gasteiger partial charge in [-0.2, -0.15) is 5.10 Å². The van der Waals surface area contributed by atoms with Crippen molar-refractivity contribution in [2.45, 2.75) is 0 Å².